The van der Waals surface area contributed by atoms with Crippen molar-refractivity contribution in [3.8, 4) is 17.2 Å². The second kappa shape index (κ2) is 7.69. The summed E-state index contributed by atoms with van der Waals surface area (Å²) in [4.78, 5) is 12.8. The van der Waals surface area contributed by atoms with Crippen LogP contribution >= 0.6 is 11.6 Å². The summed E-state index contributed by atoms with van der Waals surface area (Å²) in [6.07, 6.45) is -0.0533. The molecule has 0 radical (unpaired) electrons. The predicted octanol–water partition coefficient (Wildman–Crippen LogP) is 4.53. The van der Waals surface area contributed by atoms with E-state index in [0.29, 0.717) is 17.2 Å². The number of ether oxygens (including phenoxy) is 3. The average Bonchev–Trinajstić information content (AvgIpc) is 2.62. The lowest BCUT2D eigenvalue weighted by molar-refractivity contribution is -0.128. The van der Waals surface area contributed by atoms with E-state index in [1.807, 2.05) is 44.2 Å². The molecule has 1 amide bonds. The maximum absolute atomic E-state index is 12.8. The van der Waals surface area contributed by atoms with Gasteiger partial charge in [0.2, 0.25) is 0 Å². The number of para-hydroxylation sites is 1. The molecule has 0 saturated carbocycles. The van der Waals surface area contributed by atoms with Crippen LogP contribution in [0.5, 0.6) is 17.2 Å². The zero-order chi connectivity index (χ0) is 19.6. The normalized spacial score (nSPS) is 18.6. The summed E-state index contributed by atoms with van der Waals surface area (Å²) in [6, 6.07) is 12.5. The third-order valence-corrected chi connectivity index (χ3v) is 4.81. The lowest BCUT2D eigenvalue weighted by atomic mass is 9.89. The van der Waals surface area contributed by atoms with E-state index in [4.69, 9.17) is 25.8 Å². The standard InChI is InChI=1S/C21H24ClNO4/c1-13(26-19-8-6-5-7-16(19)22)20(24)23-17-12-21(2,3)27-18-10-9-14(25-4)11-15(17)18/h5-11,13,17H,12H2,1-4H3,(H,23,24). The Morgan fingerprint density at radius 1 is 1.30 bits per heavy atom. The van der Waals surface area contributed by atoms with E-state index in [9.17, 15) is 4.79 Å². The third kappa shape index (κ3) is 4.48. The molecule has 1 aliphatic rings. The van der Waals surface area contributed by atoms with E-state index < -0.39 is 11.7 Å². The lowest BCUT2D eigenvalue weighted by Gasteiger charge is -2.38. The first-order valence-corrected chi connectivity index (χ1v) is 9.25. The molecule has 1 heterocycles. The number of carbonyl (C=O) groups is 1. The van der Waals surface area contributed by atoms with Gasteiger partial charge in [-0.15, -0.1) is 0 Å². The molecule has 0 fully saturated rings. The molecule has 0 saturated heterocycles. The monoisotopic (exact) mass is 389 g/mol. The first-order chi connectivity index (χ1) is 12.8. The number of fused-ring (bicyclic) bond motifs is 1. The number of hydrogen-bond donors (Lipinski definition) is 1. The van der Waals surface area contributed by atoms with Gasteiger partial charge in [-0.05, 0) is 51.1 Å². The van der Waals surface area contributed by atoms with Crippen LogP contribution in [0.15, 0.2) is 42.5 Å². The summed E-state index contributed by atoms with van der Waals surface area (Å²) in [5.41, 5.74) is 0.499. The number of hydrogen-bond acceptors (Lipinski definition) is 4. The zero-order valence-corrected chi connectivity index (χ0v) is 16.7. The molecule has 144 valence electrons. The van der Waals surface area contributed by atoms with Crippen molar-refractivity contribution in [2.45, 2.75) is 44.9 Å². The van der Waals surface area contributed by atoms with Crippen molar-refractivity contribution in [1.82, 2.24) is 5.32 Å². The summed E-state index contributed by atoms with van der Waals surface area (Å²) < 4.78 is 17.1. The first kappa shape index (κ1) is 19.4. The van der Waals surface area contributed by atoms with Crippen LogP contribution < -0.4 is 19.5 Å². The molecule has 1 N–H and O–H groups in total. The van der Waals surface area contributed by atoms with Crippen molar-refractivity contribution in [1.29, 1.82) is 0 Å². The van der Waals surface area contributed by atoms with Crippen molar-refractivity contribution in [3.05, 3.63) is 53.1 Å². The molecule has 6 heteroatoms. The molecule has 0 spiro atoms. The van der Waals surface area contributed by atoms with Gasteiger partial charge in [0.15, 0.2) is 6.10 Å². The Kier molecular flexibility index (Phi) is 5.51. The number of halogens is 1. The van der Waals surface area contributed by atoms with Gasteiger partial charge in [0, 0.05) is 12.0 Å². The Morgan fingerprint density at radius 2 is 2.04 bits per heavy atom. The topological polar surface area (TPSA) is 56.8 Å². The summed E-state index contributed by atoms with van der Waals surface area (Å²) >= 11 is 6.12. The summed E-state index contributed by atoms with van der Waals surface area (Å²) in [5.74, 6) is 1.73. The molecule has 0 bridgehead atoms. The van der Waals surface area contributed by atoms with E-state index in [1.165, 1.54) is 0 Å². The van der Waals surface area contributed by atoms with E-state index in [2.05, 4.69) is 5.32 Å². The third-order valence-electron chi connectivity index (χ3n) is 4.50. The minimum absolute atomic E-state index is 0.205. The van der Waals surface area contributed by atoms with Crippen molar-refractivity contribution in [2.24, 2.45) is 0 Å². The van der Waals surface area contributed by atoms with Gasteiger partial charge in [-0.2, -0.15) is 0 Å². The largest absolute Gasteiger partial charge is 0.497 e. The number of amides is 1. The number of benzene rings is 2. The van der Waals surface area contributed by atoms with Gasteiger partial charge in [-0.1, -0.05) is 23.7 Å². The molecule has 3 rings (SSSR count). The molecule has 2 unspecified atom stereocenters. The highest BCUT2D eigenvalue weighted by atomic mass is 35.5. The Bertz CT molecular complexity index is 837. The Labute approximate surface area is 164 Å². The predicted molar refractivity (Wildman–Crippen MR) is 105 cm³/mol. The van der Waals surface area contributed by atoms with Crippen LogP contribution in [0.1, 0.15) is 38.8 Å². The Morgan fingerprint density at radius 3 is 2.74 bits per heavy atom. The van der Waals surface area contributed by atoms with Crippen LogP contribution in [0.25, 0.3) is 0 Å². The van der Waals surface area contributed by atoms with Crippen LogP contribution in [0.4, 0.5) is 0 Å². The highest BCUT2D eigenvalue weighted by molar-refractivity contribution is 6.32. The van der Waals surface area contributed by atoms with Gasteiger partial charge in [0.25, 0.3) is 5.91 Å². The van der Waals surface area contributed by atoms with Crippen LogP contribution in [0.2, 0.25) is 5.02 Å². The molecule has 2 aromatic rings. The van der Waals surface area contributed by atoms with E-state index in [0.717, 1.165) is 17.1 Å². The molecule has 5 nitrogen and oxygen atoms in total. The van der Waals surface area contributed by atoms with Gasteiger partial charge < -0.3 is 19.5 Å². The Balaban J connectivity index is 1.78. The molecule has 2 aromatic carbocycles. The fourth-order valence-electron chi connectivity index (χ4n) is 3.16. The second-order valence-corrected chi connectivity index (χ2v) is 7.63. The quantitative estimate of drug-likeness (QED) is 0.815. The molecule has 1 aliphatic heterocycles. The number of carbonyl (C=O) groups excluding carboxylic acids is 1. The minimum Gasteiger partial charge on any atom is -0.497 e. The number of methoxy groups -OCH3 is 1. The van der Waals surface area contributed by atoms with Crippen LogP contribution in [0, 0.1) is 0 Å². The van der Waals surface area contributed by atoms with Crippen LogP contribution in [-0.2, 0) is 4.79 Å². The fraction of sp³-hybridized carbons (Fsp3) is 0.381. The summed E-state index contributed by atoms with van der Waals surface area (Å²) in [6.45, 7) is 5.71. The summed E-state index contributed by atoms with van der Waals surface area (Å²) in [5, 5.41) is 3.55. The average molecular weight is 390 g/mol. The van der Waals surface area contributed by atoms with Crippen LogP contribution in [-0.4, -0.2) is 24.7 Å². The highest BCUT2D eigenvalue weighted by Crippen LogP contribution is 2.41. The van der Waals surface area contributed by atoms with Crippen LogP contribution in [0.3, 0.4) is 0 Å². The van der Waals surface area contributed by atoms with Gasteiger partial charge >= 0.3 is 0 Å². The lowest BCUT2D eigenvalue weighted by Crippen LogP contribution is -2.44. The SMILES string of the molecule is COc1ccc2c(c1)C(NC(=O)C(C)Oc1ccccc1Cl)CC(C)(C)O2. The van der Waals surface area contributed by atoms with Gasteiger partial charge in [0.1, 0.15) is 22.8 Å². The molecule has 2 atom stereocenters. The maximum atomic E-state index is 12.8. The maximum Gasteiger partial charge on any atom is 0.261 e. The summed E-state index contributed by atoms with van der Waals surface area (Å²) in [7, 11) is 1.61. The van der Waals surface area contributed by atoms with Gasteiger partial charge in [0.05, 0.1) is 18.2 Å². The smallest absolute Gasteiger partial charge is 0.261 e. The number of nitrogens with one attached hydrogen (secondary N) is 1. The van der Waals surface area contributed by atoms with Crippen molar-refractivity contribution in [3.63, 3.8) is 0 Å². The Hall–Kier alpha value is -2.40. The molecule has 0 aromatic heterocycles. The van der Waals surface area contributed by atoms with Crippen molar-refractivity contribution < 1.29 is 19.0 Å². The fourth-order valence-corrected chi connectivity index (χ4v) is 3.34. The van der Waals surface area contributed by atoms with Crippen molar-refractivity contribution in [2.75, 3.05) is 7.11 Å². The molecule has 0 aliphatic carbocycles. The minimum atomic E-state index is -0.690. The van der Waals surface area contributed by atoms with E-state index in [1.54, 1.807) is 26.2 Å². The van der Waals surface area contributed by atoms with Crippen molar-refractivity contribution >= 4 is 17.5 Å². The highest BCUT2D eigenvalue weighted by Gasteiger charge is 2.35. The van der Waals surface area contributed by atoms with Gasteiger partial charge in [-0.25, -0.2) is 0 Å². The number of rotatable bonds is 5. The zero-order valence-electron chi connectivity index (χ0n) is 15.9. The molecular weight excluding hydrogens is 366 g/mol. The molecular formula is C21H24ClNO4. The molecule has 27 heavy (non-hydrogen) atoms. The van der Waals surface area contributed by atoms with E-state index in [-0.39, 0.29) is 11.9 Å². The van der Waals surface area contributed by atoms with Gasteiger partial charge in [-0.3, -0.25) is 4.79 Å². The first-order valence-electron chi connectivity index (χ1n) is 8.87. The second-order valence-electron chi connectivity index (χ2n) is 7.22. The van der Waals surface area contributed by atoms with E-state index >= 15 is 0 Å².